The van der Waals surface area contributed by atoms with E-state index in [1.807, 2.05) is 0 Å². The Bertz CT molecular complexity index is 360. The van der Waals surface area contributed by atoms with Gasteiger partial charge in [-0.15, -0.1) is 0 Å². The molecule has 0 aromatic carbocycles. The summed E-state index contributed by atoms with van der Waals surface area (Å²) in [6.07, 6.45) is 6.53. The van der Waals surface area contributed by atoms with Gasteiger partial charge >= 0.3 is 5.69 Å². The van der Waals surface area contributed by atoms with Gasteiger partial charge in [0.2, 0.25) is 0 Å². The van der Waals surface area contributed by atoms with Gasteiger partial charge in [0, 0.05) is 12.4 Å². The van der Waals surface area contributed by atoms with E-state index in [-0.39, 0.29) is 11.1 Å². The van der Waals surface area contributed by atoms with Crippen LogP contribution in [0.3, 0.4) is 0 Å². The van der Waals surface area contributed by atoms with Crippen molar-refractivity contribution in [2.75, 3.05) is 0 Å². The molecular weight excluding hydrogens is 176 g/mol. The lowest BCUT2D eigenvalue weighted by Gasteiger charge is -2.06. The van der Waals surface area contributed by atoms with Gasteiger partial charge in [-0.3, -0.25) is 4.57 Å². The lowest BCUT2D eigenvalue weighted by molar-refractivity contribution is 0.575. The highest BCUT2D eigenvalue weighted by Gasteiger charge is 2.14. The smallest absolute Gasteiger partial charge is 0.348 e. The zero-order chi connectivity index (χ0) is 8.39. The van der Waals surface area contributed by atoms with Gasteiger partial charge in [0.15, 0.2) is 0 Å². The summed E-state index contributed by atoms with van der Waals surface area (Å²) in [6.45, 7) is 0. The minimum Gasteiger partial charge on any atom is -0.431 e. The Kier molecular flexibility index (Phi) is 1.87. The van der Waals surface area contributed by atoms with Crippen LogP contribution in [-0.4, -0.2) is 9.55 Å². The van der Waals surface area contributed by atoms with E-state index in [1.165, 1.54) is 22.8 Å². The summed E-state index contributed by atoms with van der Waals surface area (Å²) >= 11 is 1.22. The summed E-state index contributed by atoms with van der Waals surface area (Å²) in [7, 11) is 0. The van der Waals surface area contributed by atoms with Gasteiger partial charge in [-0.25, -0.2) is 9.78 Å². The van der Waals surface area contributed by atoms with Crippen LogP contribution in [0.1, 0.15) is 5.37 Å². The number of hydrogen-bond acceptors (Lipinski definition) is 4. The van der Waals surface area contributed by atoms with Crippen molar-refractivity contribution >= 4 is 12.0 Å². The molecule has 0 amide bonds. The van der Waals surface area contributed by atoms with Crippen molar-refractivity contribution in [2.24, 2.45) is 0 Å². The van der Waals surface area contributed by atoms with Gasteiger partial charge < -0.3 is 4.18 Å². The van der Waals surface area contributed by atoms with Gasteiger partial charge in [-0.1, -0.05) is 0 Å². The molecule has 0 spiro atoms. The van der Waals surface area contributed by atoms with Gasteiger partial charge in [0.1, 0.15) is 11.6 Å². The largest absolute Gasteiger partial charge is 0.431 e. The maximum atomic E-state index is 11.2. The molecule has 1 atom stereocenters. The zero-order valence-electron chi connectivity index (χ0n) is 6.08. The number of rotatable bonds is 1. The summed E-state index contributed by atoms with van der Waals surface area (Å²) in [5.74, 6) is 0. The Balaban J connectivity index is 2.39. The number of aromatic nitrogens is 2. The molecule has 0 aliphatic carbocycles. The molecule has 5 heteroatoms. The van der Waals surface area contributed by atoms with E-state index >= 15 is 0 Å². The van der Waals surface area contributed by atoms with Crippen molar-refractivity contribution in [3.8, 4) is 0 Å². The zero-order valence-corrected chi connectivity index (χ0v) is 6.90. The highest BCUT2D eigenvalue weighted by molar-refractivity contribution is 7.95. The molecule has 1 aliphatic heterocycles. The Morgan fingerprint density at radius 2 is 2.58 bits per heavy atom. The van der Waals surface area contributed by atoms with Crippen LogP contribution in [0.5, 0.6) is 0 Å². The molecule has 2 heterocycles. The fraction of sp³-hybridized carbons (Fsp3) is 0.143. The minimum absolute atomic E-state index is 0.0776. The third-order valence-corrected chi connectivity index (χ3v) is 2.27. The predicted molar refractivity (Wildman–Crippen MR) is 45.4 cm³/mol. The molecule has 1 unspecified atom stereocenters. The molecule has 1 aliphatic rings. The second kappa shape index (κ2) is 3.02. The molecule has 0 radical (unpaired) electrons. The van der Waals surface area contributed by atoms with Crippen LogP contribution in [0.15, 0.2) is 35.6 Å². The molecule has 0 saturated heterocycles. The van der Waals surface area contributed by atoms with E-state index in [0.717, 1.165) is 0 Å². The monoisotopic (exact) mass is 182 g/mol. The van der Waals surface area contributed by atoms with Crippen LogP contribution in [-0.2, 0) is 4.18 Å². The summed E-state index contributed by atoms with van der Waals surface area (Å²) in [5.41, 5.74) is -0.259. The molecule has 0 bridgehead atoms. The Morgan fingerprint density at radius 1 is 1.67 bits per heavy atom. The Labute approximate surface area is 73.1 Å². The van der Waals surface area contributed by atoms with E-state index in [0.29, 0.717) is 0 Å². The lowest BCUT2D eigenvalue weighted by atomic mass is 10.5. The molecule has 0 fully saturated rings. The van der Waals surface area contributed by atoms with Crippen molar-refractivity contribution in [3.05, 3.63) is 41.3 Å². The van der Waals surface area contributed by atoms with E-state index in [4.69, 9.17) is 4.18 Å². The van der Waals surface area contributed by atoms with E-state index < -0.39 is 0 Å². The lowest BCUT2D eigenvalue weighted by Crippen LogP contribution is -2.22. The first-order valence-corrected chi connectivity index (χ1v) is 4.20. The highest BCUT2D eigenvalue weighted by Crippen LogP contribution is 2.29. The van der Waals surface area contributed by atoms with Crippen LogP contribution in [0.25, 0.3) is 0 Å². The van der Waals surface area contributed by atoms with Crippen molar-refractivity contribution < 1.29 is 4.18 Å². The predicted octanol–water partition coefficient (Wildman–Crippen LogP) is 0.934. The van der Waals surface area contributed by atoms with Crippen LogP contribution in [0, 0.1) is 0 Å². The van der Waals surface area contributed by atoms with Gasteiger partial charge in [-0.2, -0.15) is 0 Å². The third-order valence-electron chi connectivity index (χ3n) is 1.47. The summed E-state index contributed by atoms with van der Waals surface area (Å²) in [4.78, 5) is 14.8. The molecule has 0 saturated carbocycles. The third kappa shape index (κ3) is 1.23. The highest BCUT2D eigenvalue weighted by atomic mass is 32.2. The second-order valence-electron chi connectivity index (χ2n) is 2.22. The van der Waals surface area contributed by atoms with Crippen LogP contribution >= 0.6 is 12.0 Å². The normalized spacial score (nSPS) is 20.8. The van der Waals surface area contributed by atoms with Crippen molar-refractivity contribution in [1.82, 2.24) is 9.55 Å². The fourth-order valence-corrected chi connectivity index (χ4v) is 1.55. The summed E-state index contributed by atoms with van der Waals surface area (Å²) in [6, 6.07) is 1.72. The first-order chi connectivity index (χ1) is 5.88. The van der Waals surface area contributed by atoms with Crippen molar-refractivity contribution in [3.63, 3.8) is 0 Å². The molecule has 62 valence electrons. The second-order valence-corrected chi connectivity index (χ2v) is 3.09. The Morgan fingerprint density at radius 3 is 3.25 bits per heavy atom. The van der Waals surface area contributed by atoms with Crippen LogP contribution in [0.4, 0.5) is 0 Å². The van der Waals surface area contributed by atoms with Crippen molar-refractivity contribution in [2.45, 2.75) is 5.37 Å². The first-order valence-electron chi connectivity index (χ1n) is 3.40. The summed E-state index contributed by atoms with van der Waals surface area (Å²) < 4.78 is 6.42. The molecule has 1 aromatic rings. The maximum absolute atomic E-state index is 11.2. The average molecular weight is 182 g/mol. The topological polar surface area (TPSA) is 44.1 Å². The standard InChI is InChI=1S/C7H6N2O2S/c10-7-8-3-1-4-9(7)6-2-5-11-12-6/h1-6H. The molecular formula is C7H6N2O2S. The molecule has 12 heavy (non-hydrogen) atoms. The molecule has 2 rings (SSSR count). The molecule has 4 nitrogen and oxygen atoms in total. The Hall–Kier alpha value is -1.23. The van der Waals surface area contributed by atoms with E-state index in [9.17, 15) is 4.79 Å². The number of nitrogens with zero attached hydrogens (tertiary/aromatic N) is 2. The molecule has 1 aromatic heterocycles. The quantitative estimate of drug-likeness (QED) is 0.606. The van der Waals surface area contributed by atoms with E-state index in [1.54, 1.807) is 24.6 Å². The SMILES string of the molecule is O=c1ncccn1C1C=COS1. The van der Waals surface area contributed by atoms with E-state index in [2.05, 4.69) is 4.98 Å². The minimum atomic E-state index is -0.259. The van der Waals surface area contributed by atoms with Gasteiger partial charge in [-0.05, 0) is 12.1 Å². The van der Waals surface area contributed by atoms with Crippen molar-refractivity contribution in [1.29, 1.82) is 0 Å². The molecule has 0 N–H and O–H groups in total. The fourth-order valence-electron chi connectivity index (χ4n) is 0.922. The van der Waals surface area contributed by atoms with Gasteiger partial charge in [0.25, 0.3) is 0 Å². The van der Waals surface area contributed by atoms with Crippen LogP contribution in [0.2, 0.25) is 0 Å². The first kappa shape index (κ1) is 7.42. The van der Waals surface area contributed by atoms with Gasteiger partial charge in [0.05, 0.1) is 12.0 Å². The maximum Gasteiger partial charge on any atom is 0.348 e. The average Bonchev–Trinajstić information content (AvgIpc) is 2.57. The number of hydrogen-bond donors (Lipinski definition) is 0. The van der Waals surface area contributed by atoms with Crippen LogP contribution < -0.4 is 5.69 Å². The summed E-state index contributed by atoms with van der Waals surface area (Å²) in [5, 5.41) is -0.0776.